The summed E-state index contributed by atoms with van der Waals surface area (Å²) in [6.07, 6.45) is 0. The summed E-state index contributed by atoms with van der Waals surface area (Å²) in [5.74, 6) is 5.11. The predicted octanol–water partition coefficient (Wildman–Crippen LogP) is 4.87. The van der Waals surface area contributed by atoms with Crippen molar-refractivity contribution in [3.05, 3.63) is 66.8 Å². The van der Waals surface area contributed by atoms with Gasteiger partial charge in [-0.1, -0.05) is 45.7 Å². The van der Waals surface area contributed by atoms with Crippen molar-refractivity contribution in [1.29, 1.82) is 0 Å². The molecule has 0 bridgehead atoms. The Balaban J connectivity index is 2.52. The van der Waals surface area contributed by atoms with Crippen LogP contribution in [0.3, 0.4) is 0 Å². The van der Waals surface area contributed by atoms with Gasteiger partial charge in [-0.2, -0.15) is 0 Å². The quantitative estimate of drug-likeness (QED) is 0.421. The van der Waals surface area contributed by atoms with Crippen molar-refractivity contribution in [2.24, 2.45) is 5.84 Å². The van der Waals surface area contributed by atoms with Gasteiger partial charge in [0.1, 0.15) is 5.82 Å². The molecule has 0 amide bonds. The molecule has 0 fully saturated rings. The maximum absolute atomic E-state index is 14.3. The molecule has 6 heteroatoms. The Morgan fingerprint density at radius 3 is 2.50 bits per heavy atom. The standard InChI is InChI=1S/C14H12Br2ClFN2/c1-7-2-3-8(6-11(7)16)14(20-19)9-4-5-10(15)12(17)13(9)18/h2-6,14,20H,19H2,1H3. The molecule has 20 heavy (non-hydrogen) atoms. The van der Waals surface area contributed by atoms with E-state index in [1.807, 2.05) is 25.1 Å². The number of aryl methyl sites for hydroxylation is 1. The van der Waals surface area contributed by atoms with Gasteiger partial charge in [-0.05, 0) is 46.1 Å². The van der Waals surface area contributed by atoms with Crippen molar-refractivity contribution in [2.75, 3.05) is 0 Å². The van der Waals surface area contributed by atoms with Crippen LogP contribution in [0.2, 0.25) is 5.02 Å². The molecule has 2 nitrogen and oxygen atoms in total. The highest BCUT2D eigenvalue weighted by Crippen LogP contribution is 2.33. The van der Waals surface area contributed by atoms with Gasteiger partial charge in [-0.3, -0.25) is 5.84 Å². The van der Waals surface area contributed by atoms with E-state index in [1.165, 1.54) is 0 Å². The van der Waals surface area contributed by atoms with Crippen molar-refractivity contribution in [3.8, 4) is 0 Å². The SMILES string of the molecule is Cc1ccc(C(NN)c2ccc(Br)c(Cl)c2F)cc1Br. The number of hydrogen-bond donors (Lipinski definition) is 2. The summed E-state index contributed by atoms with van der Waals surface area (Å²) in [5, 5.41) is 0.0499. The number of benzene rings is 2. The molecule has 2 aromatic rings. The first-order chi connectivity index (χ1) is 9.45. The summed E-state index contributed by atoms with van der Waals surface area (Å²) < 4.78 is 15.8. The summed E-state index contributed by atoms with van der Waals surface area (Å²) in [7, 11) is 0. The normalized spacial score (nSPS) is 12.5. The van der Waals surface area contributed by atoms with Crippen molar-refractivity contribution in [1.82, 2.24) is 5.43 Å². The molecule has 1 atom stereocenters. The van der Waals surface area contributed by atoms with Crippen LogP contribution in [0.5, 0.6) is 0 Å². The van der Waals surface area contributed by atoms with Crippen molar-refractivity contribution >= 4 is 43.5 Å². The maximum Gasteiger partial charge on any atom is 0.148 e. The van der Waals surface area contributed by atoms with Crippen LogP contribution in [0.1, 0.15) is 22.7 Å². The topological polar surface area (TPSA) is 38.0 Å². The molecule has 0 aliphatic rings. The summed E-state index contributed by atoms with van der Waals surface area (Å²) in [6.45, 7) is 1.98. The monoisotopic (exact) mass is 420 g/mol. The van der Waals surface area contributed by atoms with Crippen LogP contribution >= 0.6 is 43.5 Å². The zero-order valence-electron chi connectivity index (χ0n) is 10.6. The van der Waals surface area contributed by atoms with Gasteiger partial charge in [0, 0.05) is 14.5 Å². The minimum Gasteiger partial charge on any atom is -0.271 e. The number of hydrogen-bond acceptors (Lipinski definition) is 2. The Labute approximate surface area is 138 Å². The van der Waals surface area contributed by atoms with Gasteiger partial charge in [-0.25, -0.2) is 9.82 Å². The average molecular weight is 423 g/mol. The first-order valence-corrected chi connectivity index (χ1v) is 7.77. The van der Waals surface area contributed by atoms with Crippen molar-refractivity contribution in [3.63, 3.8) is 0 Å². The lowest BCUT2D eigenvalue weighted by Crippen LogP contribution is -2.29. The molecule has 0 spiro atoms. The van der Waals surface area contributed by atoms with Gasteiger partial charge in [0.2, 0.25) is 0 Å². The second kappa shape index (κ2) is 6.54. The van der Waals surface area contributed by atoms with Crippen LogP contribution in [0.15, 0.2) is 39.3 Å². The van der Waals surface area contributed by atoms with E-state index in [-0.39, 0.29) is 5.02 Å². The zero-order valence-corrected chi connectivity index (χ0v) is 14.5. The van der Waals surface area contributed by atoms with Crippen LogP contribution in [0, 0.1) is 12.7 Å². The molecule has 0 aliphatic heterocycles. The summed E-state index contributed by atoms with van der Waals surface area (Å²) in [4.78, 5) is 0. The highest BCUT2D eigenvalue weighted by atomic mass is 79.9. The van der Waals surface area contributed by atoms with Crippen LogP contribution in [0.25, 0.3) is 0 Å². The lowest BCUT2D eigenvalue weighted by atomic mass is 9.98. The molecule has 0 radical (unpaired) electrons. The van der Waals surface area contributed by atoms with E-state index in [0.717, 1.165) is 15.6 Å². The second-order valence-corrected chi connectivity index (χ2v) is 6.46. The molecule has 2 rings (SSSR count). The van der Waals surface area contributed by atoms with Gasteiger partial charge in [0.25, 0.3) is 0 Å². The van der Waals surface area contributed by atoms with Crippen molar-refractivity contribution < 1.29 is 4.39 Å². The first-order valence-electron chi connectivity index (χ1n) is 5.81. The van der Waals surface area contributed by atoms with Crippen LogP contribution in [-0.4, -0.2) is 0 Å². The Hall–Kier alpha value is -0.460. The van der Waals surface area contributed by atoms with E-state index in [4.69, 9.17) is 17.4 Å². The smallest absolute Gasteiger partial charge is 0.148 e. The zero-order chi connectivity index (χ0) is 14.9. The fraction of sp³-hybridized carbons (Fsp3) is 0.143. The number of hydrazine groups is 1. The fourth-order valence-corrected chi connectivity index (χ4v) is 2.79. The second-order valence-electron chi connectivity index (χ2n) is 4.37. The third kappa shape index (κ3) is 3.07. The number of nitrogens with two attached hydrogens (primary N) is 1. The number of nitrogens with one attached hydrogen (secondary N) is 1. The molecular weight excluding hydrogens is 410 g/mol. The van der Waals surface area contributed by atoms with Gasteiger partial charge in [0.05, 0.1) is 11.1 Å². The largest absolute Gasteiger partial charge is 0.271 e. The van der Waals surface area contributed by atoms with E-state index in [1.54, 1.807) is 12.1 Å². The Bertz CT molecular complexity index is 649. The van der Waals surface area contributed by atoms with Crippen molar-refractivity contribution in [2.45, 2.75) is 13.0 Å². The van der Waals surface area contributed by atoms with E-state index < -0.39 is 11.9 Å². The van der Waals surface area contributed by atoms with E-state index in [9.17, 15) is 4.39 Å². The lowest BCUT2D eigenvalue weighted by Gasteiger charge is -2.19. The Morgan fingerprint density at radius 1 is 1.20 bits per heavy atom. The molecule has 3 N–H and O–H groups in total. The molecule has 0 saturated heterocycles. The third-order valence-electron chi connectivity index (χ3n) is 3.07. The van der Waals surface area contributed by atoms with Gasteiger partial charge in [0.15, 0.2) is 0 Å². The first kappa shape index (κ1) is 15.9. The molecular formula is C14H12Br2ClFN2. The Morgan fingerprint density at radius 2 is 1.90 bits per heavy atom. The summed E-state index contributed by atoms with van der Waals surface area (Å²) in [5.41, 5.74) is 4.98. The summed E-state index contributed by atoms with van der Waals surface area (Å²) in [6, 6.07) is 8.65. The molecule has 0 aliphatic carbocycles. The molecule has 0 saturated carbocycles. The van der Waals surface area contributed by atoms with Gasteiger partial charge in [-0.15, -0.1) is 0 Å². The molecule has 0 heterocycles. The number of halogens is 4. The highest BCUT2D eigenvalue weighted by molar-refractivity contribution is 9.10. The summed E-state index contributed by atoms with van der Waals surface area (Å²) >= 11 is 12.6. The lowest BCUT2D eigenvalue weighted by molar-refractivity contribution is 0.559. The molecule has 1 unspecified atom stereocenters. The van der Waals surface area contributed by atoms with Crippen LogP contribution in [-0.2, 0) is 0 Å². The van der Waals surface area contributed by atoms with E-state index in [2.05, 4.69) is 37.3 Å². The van der Waals surface area contributed by atoms with E-state index in [0.29, 0.717) is 10.0 Å². The molecule has 2 aromatic carbocycles. The maximum atomic E-state index is 14.3. The minimum absolute atomic E-state index is 0.0499. The molecule has 106 valence electrons. The highest BCUT2D eigenvalue weighted by Gasteiger charge is 2.20. The van der Waals surface area contributed by atoms with E-state index >= 15 is 0 Å². The van der Waals surface area contributed by atoms with Crippen LogP contribution in [0.4, 0.5) is 4.39 Å². The molecule has 0 aromatic heterocycles. The third-order valence-corrected chi connectivity index (χ3v) is 5.18. The van der Waals surface area contributed by atoms with Crippen LogP contribution < -0.4 is 11.3 Å². The van der Waals surface area contributed by atoms with Gasteiger partial charge >= 0.3 is 0 Å². The average Bonchev–Trinajstić information content (AvgIpc) is 2.43. The number of rotatable bonds is 3. The fourth-order valence-electron chi connectivity index (χ4n) is 1.92. The predicted molar refractivity (Wildman–Crippen MR) is 87.2 cm³/mol. The van der Waals surface area contributed by atoms with Gasteiger partial charge < -0.3 is 0 Å². The Kier molecular flexibility index (Phi) is 5.20. The minimum atomic E-state index is -0.485.